The number of benzene rings is 3. The number of rotatable bonds is 8. The van der Waals surface area contributed by atoms with Gasteiger partial charge in [-0.1, -0.05) is 42.5 Å². The molecule has 0 bridgehead atoms. The van der Waals surface area contributed by atoms with E-state index in [1.807, 2.05) is 48.7 Å². The number of carbonyl (C=O) groups excluding carboxylic acids is 1. The molecule has 0 aromatic heterocycles. The molecule has 3 rings (SSSR count). The Morgan fingerprint density at radius 2 is 1.60 bits per heavy atom. The van der Waals surface area contributed by atoms with Gasteiger partial charge in [0, 0.05) is 4.90 Å². The number of hydrogen-bond donors (Lipinski definition) is 2. The summed E-state index contributed by atoms with van der Waals surface area (Å²) in [5.41, 5.74) is 1.41. The second-order valence-electron chi connectivity index (χ2n) is 6.51. The Kier molecular flexibility index (Phi) is 7.25. The molecular formula is C22H21FN2O3S2. The van der Waals surface area contributed by atoms with E-state index in [0.29, 0.717) is 5.69 Å². The lowest BCUT2D eigenvalue weighted by Gasteiger charge is -2.19. The lowest BCUT2D eigenvalue weighted by atomic mass is 10.1. The second kappa shape index (κ2) is 9.88. The van der Waals surface area contributed by atoms with Crippen LogP contribution in [-0.4, -0.2) is 26.6 Å². The Morgan fingerprint density at radius 3 is 2.27 bits per heavy atom. The number of anilines is 1. The van der Waals surface area contributed by atoms with Gasteiger partial charge in [-0.2, -0.15) is 4.72 Å². The van der Waals surface area contributed by atoms with E-state index in [1.165, 1.54) is 11.8 Å². The van der Waals surface area contributed by atoms with Crippen LogP contribution in [0.15, 0.2) is 88.7 Å². The maximum absolute atomic E-state index is 13.2. The molecule has 0 heterocycles. The number of hydrogen-bond acceptors (Lipinski definition) is 4. The number of amides is 1. The predicted octanol–water partition coefficient (Wildman–Crippen LogP) is 4.08. The molecule has 1 atom stereocenters. The molecule has 0 aliphatic carbocycles. The molecule has 30 heavy (non-hydrogen) atoms. The molecule has 0 radical (unpaired) electrons. The standard InChI is InChI=1S/C22H21FN2O3S2/c1-29-21-10-6-5-9-19(21)24-22(26)20(15-16-7-3-2-4-8-16)25-30(27,28)18-13-11-17(23)12-14-18/h2-14,20,25H,15H2,1H3,(H,24,26)/t20-/m0/s1. The van der Waals surface area contributed by atoms with E-state index in [9.17, 15) is 17.6 Å². The van der Waals surface area contributed by atoms with Crippen molar-refractivity contribution in [3.8, 4) is 0 Å². The summed E-state index contributed by atoms with van der Waals surface area (Å²) < 4.78 is 41.3. The Hall–Kier alpha value is -2.68. The van der Waals surface area contributed by atoms with Gasteiger partial charge in [0.15, 0.2) is 0 Å². The molecule has 0 fully saturated rings. The highest BCUT2D eigenvalue weighted by Crippen LogP contribution is 2.25. The number of halogens is 1. The monoisotopic (exact) mass is 444 g/mol. The molecule has 2 N–H and O–H groups in total. The summed E-state index contributed by atoms with van der Waals surface area (Å²) in [5, 5.41) is 2.82. The quantitative estimate of drug-likeness (QED) is 0.514. The normalized spacial score (nSPS) is 12.3. The zero-order valence-electron chi connectivity index (χ0n) is 16.2. The molecular weight excluding hydrogens is 423 g/mol. The van der Waals surface area contributed by atoms with E-state index in [4.69, 9.17) is 0 Å². The third-order valence-electron chi connectivity index (χ3n) is 4.39. The van der Waals surface area contributed by atoms with Crippen LogP contribution < -0.4 is 10.0 Å². The largest absolute Gasteiger partial charge is 0.324 e. The summed E-state index contributed by atoms with van der Waals surface area (Å²) in [5.74, 6) is -1.02. The number of thioether (sulfide) groups is 1. The molecule has 3 aromatic carbocycles. The summed E-state index contributed by atoms with van der Waals surface area (Å²) in [6.07, 6.45) is 2.05. The van der Waals surface area contributed by atoms with E-state index in [2.05, 4.69) is 10.0 Å². The highest BCUT2D eigenvalue weighted by Gasteiger charge is 2.26. The van der Waals surface area contributed by atoms with Crippen LogP contribution in [0.2, 0.25) is 0 Å². The van der Waals surface area contributed by atoms with Gasteiger partial charge in [0.25, 0.3) is 0 Å². The fraction of sp³-hybridized carbons (Fsp3) is 0.136. The average Bonchev–Trinajstić information content (AvgIpc) is 2.74. The first-order valence-corrected chi connectivity index (χ1v) is 11.9. The van der Waals surface area contributed by atoms with E-state index < -0.39 is 27.8 Å². The van der Waals surface area contributed by atoms with E-state index in [1.54, 1.807) is 12.1 Å². The summed E-state index contributed by atoms with van der Waals surface area (Å²) >= 11 is 1.48. The SMILES string of the molecule is CSc1ccccc1NC(=O)[C@H](Cc1ccccc1)NS(=O)(=O)c1ccc(F)cc1. The van der Waals surface area contributed by atoms with E-state index in [-0.39, 0.29) is 11.3 Å². The third-order valence-corrected chi connectivity index (χ3v) is 6.67. The van der Waals surface area contributed by atoms with Crippen LogP contribution in [0.5, 0.6) is 0 Å². The fourth-order valence-corrected chi connectivity index (χ4v) is 4.62. The molecule has 0 aliphatic rings. The minimum Gasteiger partial charge on any atom is -0.324 e. The Morgan fingerprint density at radius 1 is 0.967 bits per heavy atom. The highest BCUT2D eigenvalue weighted by molar-refractivity contribution is 7.98. The van der Waals surface area contributed by atoms with Gasteiger partial charge in [-0.15, -0.1) is 11.8 Å². The van der Waals surface area contributed by atoms with Crippen molar-refractivity contribution in [2.45, 2.75) is 22.3 Å². The van der Waals surface area contributed by atoms with Crippen LogP contribution in [0.25, 0.3) is 0 Å². The highest BCUT2D eigenvalue weighted by atomic mass is 32.2. The van der Waals surface area contributed by atoms with Gasteiger partial charge in [0.1, 0.15) is 11.9 Å². The maximum atomic E-state index is 13.2. The van der Waals surface area contributed by atoms with Crippen LogP contribution in [0.4, 0.5) is 10.1 Å². The van der Waals surface area contributed by atoms with Crippen LogP contribution in [0.1, 0.15) is 5.56 Å². The molecule has 0 saturated heterocycles. The second-order valence-corrected chi connectivity index (χ2v) is 9.07. The molecule has 8 heteroatoms. The molecule has 0 spiro atoms. The van der Waals surface area contributed by atoms with Gasteiger partial charge in [0.2, 0.25) is 15.9 Å². The zero-order chi connectivity index (χ0) is 21.6. The number of nitrogens with one attached hydrogen (secondary N) is 2. The number of carbonyl (C=O) groups is 1. The minimum atomic E-state index is -4.03. The van der Waals surface area contributed by atoms with Gasteiger partial charge >= 0.3 is 0 Å². The maximum Gasteiger partial charge on any atom is 0.242 e. The minimum absolute atomic E-state index is 0.112. The van der Waals surface area contributed by atoms with Crippen LogP contribution in [0.3, 0.4) is 0 Å². The molecule has 0 unspecified atom stereocenters. The summed E-state index contributed by atoms with van der Waals surface area (Å²) in [6.45, 7) is 0. The summed E-state index contributed by atoms with van der Waals surface area (Å²) in [4.78, 5) is 13.8. The molecule has 0 saturated carbocycles. The smallest absolute Gasteiger partial charge is 0.242 e. The van der Waals surface area contributed by atoms with Gasteiger partial charge < -0.3 is 5.32 Å². The van der Waals surface area contributed by atoms with Crippen LogP contribution in [0, 0.1) is 5.82 Å². The molecule has 5 nitrogen and oxygen atoms in total. The van der Waals surface area contributed by atoms with Crippen molar-refractivity contribution in [2.75, 3.05) is 11.6 Å². The lowest BCUT2D eigenvalue weighted by Crippen LogP contribution is -2.45. The van der Waals surface area contributed by atoms with Gasteiger partial charge in [-0.3, -0.25) is 4.79 Å². The van der Waals surface area contributed by atoms with Gasteiger partial charge in [-0.25, -0.2) is 12.8 Å². The van der Waals surface area contributed by atoms with E-state index >= 15 is 0 Å². The fourth-order valence-electron chi connectivity index (χ4n) is 2.87. The van der Waals surface area contributed by atoms with Crippen molar-refractivity contribution in [3.63, 3.8) is 0 Å². The Labute approximate surface area is 179 Å². The topological polar surface area (TPSA) is 75.3 Å². The molecule has 1 amide bonds. The molecule has 3 aromatic rings. The van der Waals surface area contributed by atoms with Crippen molar-refractivity contribution in [1.29, 1.82) is 0 Å². The number of para-hydroxylation sites is 1. The summed E-state index contributed by atoms with van der Waals surface area (Å²) in [6, 6.07) is 19.8. The summed E-state index contributed by atoms with van der Waals surface area (Å²) in [7, 11) is -4.03. The van der Waals surface area contributed by atoms with Crippen molar-refractivity contribution < 1.29 is 17.6 Å². The first-order chi connectivity index (χ1) is 14.4. The van der Waals surface area contributed by atoms with Gasteiger partial charge in [0.05, 0.1) is 10.6 Å². The number of sulfonamides is 1. The zero-order valence-corrected chi connectivity index (χ0v) is 17.8. The van der Waals surface area contributed by atoms with Crippen LogP contribution >= 0.6 is 11.8 Å². The van der Waals surface area contributed by atoms with Crippen LogP contribution in [-0.2, 0) is 21.2 Å². The van der Waals surface area contributed by atoms with Crippen molar-refractivity contribution in [1.82, 2.24) is 4.72 Å². The van der Waals surface area contributed by atoms with Crippen molar-refractivity contribution in [3.05, 3.63) is 90.2 Å². The third kappa shape index (κ3) is 5.69. The first kappa shape index (κ1) is 22.0. The average molecular weight is 445 g/mol. The van der Waals surface area contributed by atoms with Gasteiger partial charge in [-0.05, 0) is 54.6 Å². The first-order valence-electron chi connectivity index (χ1n) is 9.15. The molecule has 156 valence electrons. The van der Waals surface area contributed by atoms with E-state index in [0.717, 1.165) is 34.7 Å². The Balaban J connectivity index is 1.88. The van der Waals surface area contributed by atoms with Crippen molar-refractivity contribution >= 4 is 33.4 Å². The Bertz CT molecular complexity index is 1100. The van der Waals surface area contributed by atoms with Crippen molar-refractivity contribution in [2.24, 2.45) is 0 Å². The predicted molar refractivity (Wildman–Crippen MR) is 118 cm³/mol. The molecule has 0 aliphatic heterocycles. The lowest BCUT2D eigenvalue weighted by molar-refractivity contribution is -0.117.